The molecule has 0 spiro atoms. The van der Waals surface area contributed by atoms with Gasteiger partial charge < -0.3 is 9.74 Å². The maximum absolute atomic E-state index is 13.8. The molecule has 1 N–H and O–H groups in total. The number of sulfone groups is 1. The largest absolute Gasteiger partial charge is 0.409 e. The van der Waals surface area contributed by atoms with Crippen molar-refractivity contribution < 1.29 is 17.6 Å². The van der Waals surface area contributed by atoms with E-state index < -0.39 is 35.7 Å². The molecule has 188 valence electrons. The predicted octanol–water partition coefficient (Wildman–Crippen LogP) is 6.45. The van der Waals surface area contributed by atoms with Crippen molar-refractivity contribution in [2.24, 2.45) is 5.41 Å². The van der Waals surface area contributed by atoms with Crippen LogP contribution in [0.2, 0.25) is 18.1 Å². The molecule has 0 bridgehead atoms. The van der Waals surface area contributed by atoms with Gasteiger partial charge in [0.15, 0.2) is 18.2 Å². The van der Waals surface area contributed by atoms with E-state index in [-0.39, 0.29) is 21.6 Å². The van der Waals surface area contributed by atoms with Crippen LogP contribution in [0.15, 0.2) is 59.5 Å². The number of carbonyl (C=O) groups excluding carboxylic acids is 1. The van der Waals surface area contributed by atoms with Gasteiger partial charge in [0.1, 0.15) is 0 Å². The molecule has 0 aromatic heterocycles. The number of amides is 1. The Morgan fingerprint density at radius 2 is 1.47 bits per heavy atom. The molecule has 5 nitrogen and oxygen atoms in total. The molecular formula is C27H41NO4SSi. The number of carbonyl (C=O) groups is 1. The van der Waals surface area contributed by atoms with E-state index in [4.69, 9.17) is 4.43 Å². The monoisotopic (exact) mass is 503 g/mol. The van der Waals surface area contributed by atoms with Gasteiger partial charge in [0.05, 0.1) is 22.8 Å². The fourth-order valence-electron chi connectivity index (χ4n) is 3.30. The Hall–Kier alpha value is -1.96. The van der Waals surface area contributed by atoms with Crippen molar-refractivity contribution in [2.45, 2.75) is 83.6 Å². The second kappa shape index (κ2) is 10.3. The van der Waals surface area contributed by atoms with Crippen molar-refractivity contribution in [2.75, 3.05) is 5.75 Å². The van der Waals surface area contributed by atoms with E-state index in [1.165, 1.54) is 0 Å². The molecule has 34 heavy (non-hydrogen) atoms. The van der Waals surface area contributed by atoms with Crippen LogP contribution in [0.3, 0.4) is 0 Å². The van der Waals surface area contributed by atoms with Crippen molar-refractivity contribution in [1.29, 1.82) is 0 Å². The summed E-state index contributed by atoms with van der Waals surface area (Å²) in [6.45, 7) is 18.0. The van der Waals surface area contributed by atoms with Gasteiger partial charge in [-0.15, -0.1) is 0 Å². The number of rotatable bonds is 8. The molecule has 0 heterocycles. The fraction of sp³-hybridized carbons (Fsp3) is 0.519. The maximum Gasteiger partial charge on any atom is 0.225 e. The Kier molecular flexibility index (Phi) is 8.60. The van der Waals surface area contributed by atoms with E-state index in [0.717, 1.165) is 5.56 Å². The Balaban J connectivity index is 2.45. The van der Waals surface area contributed by atoms with Gasteiger partial charge in [-0.2, -0.15) is 0 Å². The third-order valence-corrected chi connectivity index (χ3v) is 12.8. The second-order valence-corrected chi connectivity index (χ2v) is 18.3. The van der Waals surface area contributed by atoms with Crippen LogP contribution in [-0.4, -0.2) is 28.4 Å². The summed E-state index contributed by atoms with van der Waals surface area (Å²) in [7, 11) is -5.98. The molecule has 7 heteroatoms. The van der Waals surface area contributed by atoms with Gasteiger partial charge >= 0.3 is 0 Å². The molecule has 1 amide bonds. The first-order chi connectivity index (χ1) is 15.5. The first kappa shape index (κ1) is 28.3. The summed E-state index contributed by atoms with van der Waals surface area (Å²) < 4.78 is 34.2. The lowest BCUT2D eigenvalue weighted by Crippen LogP contribution is -2.43. The highest BCUT2D eigenvalue weighted by Crippen LogP contribution is 2.40. The summed E-state index contributed by atoms with van der Waals surface area (Å²) in [5.41, 5.74) is 0.860. The Morgan fingerprint density at radius 3 is 2.00 bits per heavy atom. The SMILES string of the molecule is C[C@@H](NC(=O)C(C)(C)C)c1ccccc1S(=O)(=O)C[C@H](O[Si](C)(C)C(C)(C)C)c1ccccc1. The highest BCUT2D eigenvalue weighted by molar-refractivity contribution is 7.91. The smallest absolute Gasteiger partial charge is 0.225 e. The normalized spacial score (nSPS) is 15.0. The summed E-state index contributed by atoms with van der Waals surface area (Å²) in [5, 5.41) is 2.90. The van der Waals surface area contributed by atoms with Gasteiger partial charge in [0, 0.05) is 5.41 Å². The average molecular weight is 504 g/mol. The van der Waals surface area contributed by atoms with Crippen LogP contribution in [0.5, 0.6) is 0 Å². The molecule has 0 unspecified atom stereocenters. The van der Waals surface area contributed by atoms with Crippen molar-refractivity contribution in [3.63, 3.8) is 0 Å². The third kappa shape index (κ3) is 7.03. The van der Waals surface area contributed by atoms with E-state index in [9.17, 15) is 13.2 Å². The summed E-state index contributed by atoms with van der Waals surface area (Å²) in [6, 6.07) is 16.0. The predicted molar refractivity (Wildman–Crippen MR) is 142 cm³/mol. The molecule has 0 aliphatic carbocycles. The number of nitrogens with one attached hydrogen (secondary N) is 1. The number of benzene rings is 2. The minimum absolute atomic E-state index is 0.0621. The van der Waals surface area contributed by atoms with Crippen molar-refractivity contribution in [3.8, 4) is 0 Å². The lowest BCUT2D eigenvalue weighted by Gasteiger charge is -2.39. The quantitative estimate of drug-likeness (QED) is 0.420. The standard InChI is InChI=1S/C27H41NO4SSi/c1-20(28-25(29)26(2,3)4)22-17-13-14-18-24(22)33(30,31)19-23(21-15-11-10-12-16-21)32-34(8,9)27(5,6)7/h10-18,20,23H,19H2,1-9H3,(H,28,29)/t20-,23+/m1/s1. The zero-order valence-electron chi connectivity index (χ0n) is 22.1. The minimum Gasteiger partial charge on any atom is -0.409 e. The summed E-state index contributed by atoms with van der Waals surface area (Å²) >= 11 is 0. The second-order valence-electron chi connectivity index (χ2n) is 11.5. The highest BCUT2D eigenvalue weighted by atomic mass is 32.2. The van der Waals surface area contributed by atoms with Crippen LogP contribution in [0, 0.1) is 5.41 Å². The van der Waals surface area contributed by atoms with Gasteiger partial charge in [-0.25, -0.2) is 8.42 Å². The molecule has 0 aliphatic rings. The summed E-state index contributed by atoms with van der Waals surface area (Å²) in [4.78, 5) is 12.8. The maximum atomic E-state index is 13.8. The Morgan fingerprint density at radius 1 is 0.941 bits per heavy atom. The fourth-order valence-corrected chi connectivity index (χ4v) is 6.43. The Labute approximate surface area is 207 Å². The topological polar surface area (TPSA) is 72.5 Å². The molecule has 0 aliphatic heterocycles. The first-order valence-electron chi connectivity index (χ1n) is 11.8. The van der Waals surface area contributed by atoms with Crippen LogP contribution in [-0.2, 0) is 19.1 Å². The third-order valence-electron chi connectivity index (χ3n) is 6.53. The summed E-state index contributed by atoms with van der Waals surface area (Å²) in [6.07, 6.45) is -0.584. The zero-order valence-corrected chi connectivity index (χ0v) is 23.9. The van der Waals surface area contributed by atoms with E-state index in [1.54, 1.807) is 24.3 Å². The summed E-state index contributed by atoms with van der Waals surface area (Å²) in [5.74, 6) is -0.295. The molecule has 2 rings (SSSR count). The molecule has 2 aromatic carbocycles. The molecule has 2 aromatic rings. The van der Waals surface area contributed by atoms with Crippen molar-refractivity contribution in [3.05, 3.63) is 65.7 Å². The highest BCUT2D eigenvalue weighted by Gasteiger charge is 2.41. The van der Waals surface area contributed by atoms with E-state index in [2.05, 4.69) is 39.2 Å². The number of hydrogen-bond acceptors (Lipinski definition) is 4. The van der Waals surface area contributed by atoms with Crippen molar-refractivity contribution >= 4 is 24.1 Å². The van der Waals surface area contributed by atoms with Crippen LogP contribution < -0.4 is 5.32 Å². The Bertz CT molecular complexity index is 1080. The lowest BCUT2D eigenvalue weighted by atomic mass is 9.94. The molecular weight excluding hydrogens is 462 g/mol. The molecule has 2 atom stereocenters. The number of hydrogen-bond donors (Lipinski definition) is 1. The van der Waals surface area contributed by atoms with Gasteiger partial charge in [-0.3, -0.25) is 4.79 Å². The molecule has 0 saturated carbocycles. The zero-order chi connectivity index (χ0) is 25.9. The van der Waals surface area contributed by atoms with E-state index in [0.29, 0.717) is 5.56 Å². The molecule has 0 radical (unpaired) electrons. The molecule has 0 fully saturated rings. The van der Waals surface area contributed by atoms with Gasteiger partial charge in [0.2, 0.25) is 5.91 Å². The van der Waals surface area contributed by atoms with Crippen molar-refractivity contribution in [1.82, 2.24) is 5.32 Å². The average Bonchev–Trinajstić information content (AvgIpc) is 2.72. The van der Waals surface area contributed by atoms with Crippen LogP contribution in [0.25, 0.3) is 0 Å². The van der Waals surface area contributed by atoms with Crippen LogP contribution >= 0.6 is 0 Å². The van der Waals surface area contributed by atoms with Gasteiger partial charge in [0.25, 0.3) is 0 Å². The van der Waals surface area contributed by atoms with Gasteiger partial charge in [-0.1, -0.05) is 90.1 Å². The first-order valence-corrected chi connectivity index (χ1v) is 16.4. The van der Waals surface area contributed by atoms with Crippen LogP contribution in [0.1, 0.15) is 71.7 Å². The van der Waals surface area contributed by atoms with Crippen LogP contribution in [0.4, 0.5) is 0 Å². The van der Waals surface area contributed by atoms with E-state index >= 15 is 0 Å². The molecule has 0 saturated heterocycles. The lowest BCUT2D eigenvalue weighted by molar-refractivity contribution is -0.129. The van der Waals surface area contributed by atoms with Gasteiger partial charge in [-0.05, 0) is 42.2 Å². The van der Waals surface area contributed by atoms with E-state index in [1.807, 2.05) is 58.0 Å². The minimum atomic E-state index is -3.73.